The van der Waals surface area contributed by atoms with E-state index in [9.17, 15) is 0 Å². The molecule has 1 aliphatic rings. The number of rotatable bonds is 2. The molecule has 0 bridgehead atoms. The van der Waals surface area contributed by atoms with Gasteiger partial charge in [0.05, 0.1) is 25.3 Å². The van der Waals surface area contributed by atoms with Gasteiger partial charge in [-0.3, -0.25) is 9.97 Å². The number of hydrogen-bond acceptors (Lipinski definition) is 4. The maximum absolute atomic E-state index is 5.72. The van der Waals surface area contributed by atoms with Crippen molar-refractivity contribution in [2.75, 3.05) is 14.2 Å². The van der Waals surface area contributed by atoms with E-state index >= 15 is 0 Å². The summed E-state index contributed by atoms with van der Waals surface area (Å²) in [4.78, 5) is 9.29. The fourth-order valence-electron chi connectivity index (χ4n) is 3.78. The number of ether oxygens (including phenoxy) is 2. The van der Waals surface area contributed by atoms with Crippen LogP contribution in [-0.2, 0) is 0 Å². The van der Waals surface area contributed by atoms with E-state index in [4.69, 9.17) is 9.47 Å². The van der Waals surface area contributed by atoms with E-state index in [-0.39, 0.29) is 0 Å². The summed E-state index contributed by atoms with van der Waals surface area (Å²) in [7, 11) is 3.40. The van der Waals surface area contributed by atoms with Crippen LogP contribution < -0.4 is 9.47 Å². The minimum Gasteiger partial charge on any atom is -0.495 e. The Morgan fingerprint density at radius 2 is 1.21 bits per heavy atom. The molecule has 0 saturated heterocycles. The van der Waals surface area contributed by atoms with Crippen molar-refractivity contribution in [2.24, 2.45) is 0 Å². The first-order valence-electron chi connectivity index (χ1n) is 7.76. The van der Waals surface area contributed by atoms with E-state index in [1.807, 2.05) is 36.7 Å². The van der Waals surface area contributed by atoms with Crippen molar-refractivity contribution in [1.29, 1.82) is 0 Å². The molecular weight excluding hydrogens is 300 g/mol. The molecule has 0 spiro atoms. The highest BCUT2D eigenvalue weighted by Gasteiger charge is 2.25. The lowest BCUT2D eigenvalue weighted by atomic mass is 9.95. The van der Waals surface area contributed by atoms with E-state index in [1.54, 1.807) is 14.2 Å². The van der Waals surface area contributed by atoms with E-state index in [1.165, 1.54) is 0 Å². The molecule has 0 saturated carbocycles. The molecule has 4 heteroatoms. The Kier molecular flexibility index (Phi) is 2.59. The minimum atomic E-state index is 0.845. The van der Waals surface area contributed by atoms with Gasteiger partial charge in [-0.15, -0.1) is 0 Å². The molecule has 0 atom stereocenters. The van der Waals surface area contributed by atoms with Gasteiger partial charge in [0.2, 0.25) is 0 Å². The molecule has 24 heavy (non-hydrogen) atoms. The van der Waals surface area contributed by atoms with Crippen molar-refractivity contribution in [3.8, 4) is 11.5 Å². The summed E-state index contributed by atoms with van der Waals surface area (Å²) in [6.07, 6.45) is 7.80. The fraction of sp³-hybridized carbons (Fsp3) is 0.100. The zero-order valence-electron chi connectivity index (χ0n) is 13.3. The van der Waals surface area contributed by atoms with Gasteiger partial charge in [-0.05, 0) is 36.4 Å². The molecule has 1 aliphatic carbocycles. The molecule has 4 aromatic rings. The maximum Gasteiger partial charge on any atom is 0.136 e. The first kappa shape index (κ1) is 13.3. The molecule has 2 heterocycles. The van der Waals surface area contributed by atoms with Crippen molar-refractivity contribution < 1.29 is 9.47 Å². The van der Waals surface area contributed by atoms with Crippen LogP contribution in [0.3, 0.4) is 0 Å². The van der Waals surface area contributed by atoms with Crippen LogP contribution in [0.1, 0.15) is 11.1 Å². The highest BCUT2D eigenvalue weighted by atomic mass is 16.5. The van der Waals surface area contributed by atoms with Crippen LogP contribution in [0, 0.1) is 0 Å². The van der Waals surface area contributed by atoms with Crippen molar-refractivity contribution in [3.63, 3.8) is 0 Å². The molecule has 0 amide bonds. The second kappa shape index (κ2) is 4.68. The van der Waals surface area contributed by atoms with E-state index in [2.05, 4.69) is 22.1 Å². The topological polar surface area (TPSA) is 44.2 Å². The molecule has 116 valence electrons. The van der Waals surface area contributed by atoms with Crippen LogP contribution in [0.2, 0.25) is 0 Å². The molecule has 2 aromatic heterocycles. The van der Waals surface area contributed by atoms with Gasteiger partial charge in [0.15, 0.2) is 0 Å². The Labute approximate surface area is 138 Å². The summed E-state index contributed by atoms with van der Waals surface area (Å²) >= 11 is 0. The van der Waals surface area contributed by atoms with Gasteiger partial charge in [-0.2, -0.15) is 0 Å². The number of methoxy groups -OCH3 is 2. The third kappa shape index (κ3) is 1.48. The van der Waals surface area contributed by atoms with E-state index in [0.29, 0.717) is 0 Å². The smallest absolute Gasteiger partial charge is 0.136 e. The number of benzene rings is 2. The maximum atomic E-state index is 5.72. The van der Waals surface area contributed by atoms with E-state index in [0.717, 1.165) is 55.2 Å². The van der Waals surface area contributed by atoms with Crippen molar-refractivity contribution in [1.82, 2.24) is 9.97 Å². The van der Waals surface area contributed by atoms with Crippen molar-refractivity contribution in [3.05, 3.63) is 47.8 Å². The Bertz CT molecular complexity index is 1090. The Morgan fingerprint density at radius 3 is 1.67 bits per heavy atom. The van der Waals surface area contributed by atoms with Gasteiger partial charge in [0.1, 0.15) is 11.5 Å². The Hall–Kier alpha value is -3.14. The van der Waals surface area contributed by atoms with Gasteiger partial charge in [0.25, 0.3) is 0 Å². The molecule has 4 nitrogen and oxygen atoms in total. The summed E-state index contributed by atoms with van der Waals surface area (Å²) in [5.41, 5.74) is 3.94. The first-order chi connectivity index (χ1) is 11.8. The second-order valence-corrected chi connectivity index (χ2v) is 5.78. The second-order valence-electron chi connectivity index (χ2n) is 5.78. The van der Waals surface area contributed by atoms with Crippen LogP contribution in [0.5, 0.6) is 11.5 Å². The van der Waals surface area contributed by atoms with Gasteiger partial charge < -0.3 is 9.47 Å². The van der Waals surface area contributed by atoms with Crippen LogP contribution in [0.25, 0.3) is 44.7 Å². The predicted molar refractivity (Wildman–Crippen MR) is 96.6 cm³/mol. The molecule has 0 radical (unpaired) electrons. The number of pyridine rings is 2. The largest absolute Gasteiger partial charge is 0.495 e. The average Bonchev–Trinajstić information content (AvgIpc) is 3.06. The van der Waals surface area contributed by atoms with Gasteiger partial charge in [-0.1, -0.05) is 0 Å². The third-order valence-electron chi connectivity index (χ3n) is 4.68. The molecule has 5 rings (SSSR count). The van der Waals surface area contributed by atoms with Crippen molar-refractivity contribution in [2.45, 2.75) is 0 Å². The summed E-state index contributed by atoms with van der Waals surface area (Å²) in [5, 5.41) is 4.15. The standard InChI is InChI=1S/C20H14N2O2/c1-23-19-11-7-8-12-15(11)16(17-13(19)5-3-9-21-17)18-14(20(12)24-2)6-4-10-22-18/h3-10H,1-2H3. The van der Waals surface area contributed by atoms with Crippen molar-refractivity contribution >= 4 is 44.7 Å². The van der Waals surface area contributed by atoms with Gasteiger partial charge in [-0.25, -0.2) is 0 Å². The minimum absolute atomic E-state index is 0.845. The number of aromatic nitrogens is 2. The molecule has 0 unspecified atom stereocenters. The van der Waals surface area contributed by atoms with E-state index < -0.39 is 0 Å². The molecule has 0 N–H and O–H groups in total. The highest BCUT2D eigenvalue weighted by molar-refractivity contribution is 6.27. The van der Waals surface area contributed by atoms with Crippen LogP contribution in [-0.4, -0.2) is 24.2 Å². The quantitative estimate of drug-likeness (QED) is 0.452. The Balaban J connectivity index is 2.20. The zero-order valence-corrected chi connectivity index (χ0v) is 13.3. The highest BCUT2D eigenvalue weighted by Crippen LogP contribution is 2.49. The van der Waals surface area contributed by atoms with Crippen LogP contribution in [0.4, 0.5) is 0 Å². The lowest BCUT2D eigenvalue weighted by molar-refractivity contribution is 0.418. The van der Waals surface area contributed by atoms with Gasteiger partial charge in [0, 0.05) is 45.1 Å². The normalized spacial score (nSPS) is 12.4. The SMILES string of the molecule is COc1c2c3c(c(OC)c4cccnc4c3c3ncccc13)C=C2. The average molecular weight is 314 g/mol. The number of fused-ring (bicyclic) bond motifs is 4. The van der Waals surface area contributed by atoms with Crippen LogP contribution in [0.15, 0.2) is 36.7 Å². The van der Waals surface area contributed by atoms with Gasteiger partial charge >= 0.3 is 0 Å². The fourth-order valence-corrected chi connectivity index (χ4v) is 3.78. The lowest BCUT2D eigenvalue weighted by Gasteiger charge is -2.16. The molecule has 0 aliphatic heterocycles. The summed E-state index contributed by atoms with van der Waals surface area (Å²) in [6.45, 7) is 0. The number of nitrogens with zero attached hydrogens (tertiary/aromatic N) is 2. The molecule has 0 fully saturated rings. The lowest BCUT2D eigenvalue weighted by Crippen LogP contribution is -1.96. The molecular formula is C20H14N2O2. The first-order valence-corrected chi connectivity index (χ1v) is 7.76. The molecule has 2 aromatic carbocycles. The monoisotopic (exact) mass is 314 g/mol. The van der Waals surface area contributed by atoms with Crippen LogP contribution >= 0.6 is 0 Å². The summed E-state index contributed by atoms with van der Waals surface area (Å²) in [6, 6.07) is 7.95. The predicted octanol–water partition coefficient (Wildman–Crippen LogP) is 4.44. The zero-order chi connectivity index (χ0) is 16.3. The third-order valence-corrected chi connectivity index (χ3v) is 4.68. The number of hydrogen-bond donors (Lipinski definition) is 0. The summed E-state index contributed by atoms with van der Waals surface area (Å²) < 4.78 is 11.4. The summed E-state index contributed by atoms with van der Waals surface area (Å²) in [5.74, 6) is 1.69. The Morgan fingerprint density at radius 1 is 0.708 bits per heavy atom.